The van der Waals surface area contributed by atoms with Gasteiger partial charge in [-0.25, -0.2) is 4.39 Å². The molecule has 0 saturated heterocycles. The normalized spacial score (nSPS) is 10.5. The maximum atomic E-state index is 13.0. The molecule has 0 atom stereocenters. The van der Waals surface area contributed by atoms with Crippen LogP contribution in [0.2, 0.25) is 0 Å². The number of rotatable bonds is 7. The minimum atomic E-state index is -0.316. The Morgan fingerprint density at radius 2 is 1.92 bits per heavy atom. The third kappa shape index (κ3) is 4.23. The van der Waals surface area contributed by atoms with Gasteiger partial charge in [0.05, 0.1) is 11.5 Å². The number of nitrogens with zero attached hydrogens (tertiary/aromatic N) is 1. The highest BCUT2D eigenvalue weighted by Crippen LogP contribution is 2.21. The Bertz CT molecular complexity index is 845. The van der Waals surface area contributed by atoms with E-state index in [4.69, 9.17) is 4.74 Å². The molecule has 1 aromatic heterocycles. The fraction of sp³-hybridized carbons (Fsp3) is 0.167. The summed E-state index contributed by atoms with van der Waals surface area (Å²) in [6.45, 7) is 1.03. The first-order chi connectivity index (χ1) is 11.7. The van der Waals surface area contributed by atoms with Crippen LogP contribution in [0.3, 0.4) is 0 Å². The first kappa shape index (κ1) is 16.3. The highest BCUT2D eigenvalue weighted by atomic mass is 32.1. The van der Waals surface area contributed by atoms with Gasteiger partial charge in [0, 0.05) is 25.1 Å². The number of ether oxygens (including phenoxy) is 1. The van der Waals surface area contributed by atoms with E-state index in [-0.39, 0.29) is 11.4 Å². The largest absolute Gasteiger partial charge is 0.493 e. The summed E-state index contributed by atoms with van der Waals surface area (Å²) in [7, 11) is 0. The van der Waals surface area contributed by atoms with Crippen LogP contribution in [-0.4, -0.2) is 17.2 Å². The summed E-state index contributed by atoms with van der Waals surface area (Å²) in [4.78, 5) is 12.9. The summed E-state index contributed by atoms with van der Waals surface area (Å²) in [5, 5.41) is 0. The molecule has 0 unspecified atom stereocenters. The fourth-order valence-corrected chi connectivity index (χ4v) is 3.08. The standard InChI is InChI=1S/C18H17FN2O2S/c19-15-8-4-9-16(12-15)23-11-5-10-20-21-18(22)13-17(24-21)14-6-2-1-3-7-14/h1-4,6-9,12-13,20H,5,10-11H2. The molecule has 0 aliphatic rings. The van der Waals surface area contributed by atoms with Crippen molar-refractivity contribution in [3.63, 3.8) is 0 Å². The minimum Gasteiger partial charge on any atom is -0.493 e. The number of halogens is 1. The van der Waals surface area contributed by atoms with Gasteiger partial charge < -0.3 is 10.2 Å². The summed E-state index contributed by atoms with van der Waals surface area (Å²) >= 11 is 1.37. The van der Waals surface area contributed by atoms with E-state index in [9.17, 15) is 9.18 Å². The minimum absolute atomic E-state index is 0.0788. The van der Waals surface area contributed by atoms with Gasteiger partial charge in [0.25, 0.3) is 5.56 Å². The second-order valence-electron chi connectivity index (χ2n) is 5.17. The molecular formula is C18H17FN2O2S. The molecule has 0 aliphatic heterocycles. The topological polar surface area (TPSA) is 43.3 Å². The molecule has 24 heavy (non-hydrogen) atoms. The molecule has 0 fully saturated rings. The van der Waals surface area contributed by atoms with E-state index in [0.29, 0.717) is 25.3 Å². The van der Waals surface area contributed by atoms with E-state index in [1.54, 1.807) is 18.2 Å². The third-order valence-electron chi connectivity index (χ3n) is 3.34. The van der Waals surface area contributed by atoms with Crippen LogP contribution in [0.25, 0.3) is 10.4 Å². The molecule has 3 aromatic rings. The number of benzene rings is 2. The molecule has 6 heteroatoms. The van der Waals surface area contributed by atoms with Crippen molar-refractivity contribution in [2.24, 2.45) is 0 Å². The number of nitrogens with one attached hydrogen (secondary N) is 1. The first-order valence-electron chi connectivity index (χ1n) is 7.63. The zero-order valence-corrected chi connectivity index (χ0v) is 13.8. The second-order valence-corrected chi connectivity index (χ2v) is 6.15. The Hall–Kier alpha value is -2.60. The Balaban J connectivity index is 1.49. The van der Waals surface area contributed by atoms with Crippen molar-refractivity contribution in [2.45, 2.75) is 6.42 Å². The van der Waals surface area contributed by atoms with Gasteiger partial charge in [-0.2, -0.15) is 4.07 Å². The summed E-state index contributed by atoms with van der Waals surface area (Å²) in [6, 6.07) is 17.5. The van der Waals surface area contributed by atoms with Crippen molar-refractivity contribution in [2.75, 3.05) is 18.6 Å². The monoisotopic (exact) mass is 344 g/mol. The van der Waals surface area contributed by atoms with E-state index >= 15 is 0 Å². The van der Waals surface area contributed by atoms with Crippen molar-refractivity contribution in [1.82, 2.24) is 4.07 Å². The average molecular weight is 344 g/mol. The third-order valence-corrected chi connectivity index (χ3v) is 4.39. The smallest absolute Gasteiger partial charge is 0.280 e. The van der Waals surface area contributed by atoms with Crippen LogP contribution in [0.15, 0.2) is 65.5 Å². The maximum absolute atomic E-state index is 13.0. The lowest BCUT2D eigenvalue weighted by Crippen LogP contribution is -2.24. The van der Waals surface area contributed by atoms with Crippen molar-refractivity contribution < 1.29 is 9.13 Å². The number of aromatic nitrogens is 1. The molecule has 2 aromatic carbocycles. The predicted octanol–water partition coefficient (Wildman–Crippen LogP) is 3.73. The lowest BCUT2D eigenvalue weighted by Gasteiger charge is -2.07. The van der Waals surface area contributed by atoms with Crippen molar-refractivity contribution >= 4 is 11.5 Å². The molecular weight excluding hydrogens is 327 g/mol. The molecule has 4 nitrogen and oxygen atoms in total. The highest BCUT2D eigenvalue weighted by molar-refractivity contribution is 7.10. The van der Waals surface area contributed by atoms with E-state index in [2.05, 4.69) is 5.43 Å². The van der Waals surface area contributed by atoms with Crippen LogP contribution < -0.4 is 15.7 Å². The molecule has 0 saturated carbocycles. The van der Waals surface area contributed by atoms with Gasteiger partial charge in [0.2, 0.25) is 0 Å². The van der Waals surface area contributed by atoms with Crippen LogP contribution in [0.5, 0.6) is 5.75 Å². The summed E-state index contributed by atoms with van der Waals surface area (Å²) in [5.74, 6) is 0.193. The number of hydrogen-bond donors (Lipinski definition) is 1. The molecule has 0 spiro atoms. The molecule has 1 N–H and O–H groups in total. The molecule has 0 radical (unpaired) electrons. The first-order valence-corrected chi connectivity index (χ1v) is 8.41. The molecule has 0 amide bonds. The van der Waals surface area contributed by atoms with Crippen LogP contribution in [-0.2, 0) is 0 Å². The quantitative estimate of drug-likeness (QED) is 0.664. The van der Waals surface area contributed by atoms with E-state index in [1.165, 1.54) is 27.7 Å². The predicted molar refractivity (Wildman–Crippen MR) is 94.8 cm³/mol. The Kier molecular flexibility index (Phi) is 5.28. The zero-order chi connectivity index (χ0) is 16.8. The van der Waals surface area contributed by atoms with Gasteiger partial charge in [0.1, 0.15) is 11.6 Å². The van der Waals surface area contributed by atoms with E-state index < -0.39 is 0 Å². The molecule has 0 aliphatic carbocycles. The molecule has 1 heterocycles. The van der Waals surface area contributed by atoms with Gasteiger partial charge in [-0.3, -0.25) is 4.79 Å². The lowest BCUT2D eigenvalue weighted by atomic mass is 10.2. The lowest BCUT2D eigenvalue weighted by molar-refractivity contribution is 0.312. The van der Waals surface area contributed by atoms with Gasteiger partial charge in [0.15, 0.2) is 0 Å². The van der Waals surface area contributed by atoms with Gasteiger partial charge in [-0.15, -0.1) is 0 Å². The van der Waals surface area contributed by atoms with Crippen LogP contribution in [0, 0.1) is 5.82 Å². The fourth-order valence-electron chi connectivity index (χ4n) is 2.19. The van der Waals surface area contributed by atoms with Crippen molar-refractivity contribution in [3.8, 4) is 16.2 Å². The highest BCUT2D eigenvalue weighted by Gasteiger charge is 2.05. The summed E-state index contributed by atoms with van der Waals surface area (Å²) in [6.07, 6.45) is 0.696. The summed E-state index contributed by atoms with van der Waals surface area (Å²) < 4.78 is 20.0. The van der Waals surface area contributed by atoms with Gasteiger partial charge in [-0.05, 0) is 29.2 Å². The zero-order valence-electron chi connectivity index (χ0n) is 12.9. The van der Waals surface area contributed by atoms with E-state index in [0.717, 1.165) is 10.4 Å². The Morgan fingerprint density at radius 1 is 1.08 bits per heavy atom. The second kappa shape index (κ2) is 7.79. The molecule has 124 valence electrons. The molecule has 3 rings (SSSR count). The number of hydrogen-bond acceptors (Lipinski definition) is 4. The Labute approximate surface area is 143 Å². The van der Waals surface area contributed by atoms with Crippen LogP contribution in [0.1, 0.15) is 6.42 Å². The SMILES string of the molecule is O=c1cc(-c2ccccc2)sn1NCCCOc1cccc(F)c1. The van der Waals surface area contributed by atoms with Crippen molar-refractivity contribution in [3.05, 3.63) is 76.8 Å². The van der Waals surface area contributed by atoms with Gasteiger partial charge >= 0.3 is 0 Å². The van der Waals surface area contributed by atoms with Crippen LogP contribution >= 0.6 is 11.5 Å². The van der Waals surface area contributed by atoms with Crippen LogP contribution in [0.4, 0.5) is 4.39 Å². The Morgan fingerprint density at radius 3 is 2.71 bits per heavy atom. The van der Waals surface area contributed by atoms with Crippen molar-refractivity contribution in [1.29, 1.82) is 0 Å². The molecule has 0 bridgehead atoms. The summed E-state index contributed by atoms with van der Waals surface area (Å²) in [5.41, 5.74) is 4.01. The van der Waals surface area contributed by atoms with Gasteiger partial charge in [-0.1, -0.05) is 36.4 Å². The average Bonchev–Trinajstić information content (AvgIpc) is 2.96. The van der Waals surface area contributed by atoms with E-state index in [1.807, 2.05) is 30.3 Å². The maximum Gasteiger partial charge on any atom is 0.280 e.